The number of benzene rings is 1. The molecule has 1 aliphatic heterocycles. The molecule has 122 valence electrons. The van der Waals surface area contributed by atoms with Crippen LogP contribution in [0.5, 0.6) is 11.5 Å². The maximum absolute atomic E-state index is 12.5. The average molecular weight is 317 g/mol. The minimum Gasteiger partial charge on any atom is -0.497 e. The summed E-state index contributed by atoms with van der Waals surface area (Å²) >= 11 is 0. The topological polar surface area (TPSA) is 72.9 Å². The smallest absolute Gasteiger partial charge is 0.233 e. The van der Waals surface area contributed by atoms with Crippen LogP contribution in [0.25, 0.3) is 0 Å². The quantitative estimate of drug-likeness (QED) is 0.788. The molecular formula is C17H19NO5. The lowest BCUT2D eigenvalue weighted by atomic mass is 9.70. The maximum atomic E-state index is 12.5. The van der Waals surface area contributed by atoms with Crippen LogP contribution < -0.4 is 9.47 Å². The van der Waals surface area contributed by atoms with Crippen molar-refractivity contribution in [1.82, 2.24) is 4.90 Å². The van der Waals surface area contributed by atoms with Crippen LogP contribution >= 0.6 is 0 Å². The first-order valence-corrected chi connectivity index (χ1v) is 7.53. The van der Waals surface area contributed by atoms with Gasteiger partial charge in [0.15, 0.2) is 0 Å². The van der Waals surface area contributed by atoms with E-state index < -0.39 is 11.8 Å². The van der Waals surface area contributed by atoms with Gasteiger partial charge in [0, 0.05) is 31.4 Å². The van der Waals surface area contributed by atoms with Crippen molar-refractivity contribution in [3.05, 3.63) is 23.8 Å². The van der Waals surface area contributed by atoms with Crippen molar-refractivity contribution in [3.8, 4) is 11.5 Å². The largest absolute Gasteiger partial charge is 0.497 e. The number of likely N-dealkylation sites (tertiary alicyclic amines) is 1. The molecule has 6 nitrogen and oxygen atoms in total. The first-order chi connectivity index (χ1) is 11.0. The van der Waals surface area contributed by atoms with Crippen molar-refractivity contribution in [2.45, 2.75) is 18.8 Å². The summed E-state index contributed by atoms with van der Waals surface area (Å²) in [5.74, 6) is -0.701. The molecule has 1 aliphatic carbocycles. The first-order valence-electron chi connectivity index (χ1n) is 7.53. The number of fused-ring (bicyclic) bond motifs is 1. The second-order valence-electron chi connectivity index (χ2n) is 6.03. The molecule has 0 radical (unpaired) electrons. The highest BCUT2D eigenvalue weighted by molar-refractivity contribution is 6.08. The molecule has 3 rings (SSSR count). The molecule has 1 aromatic carbocycles. The Morgan fingerprint density at radius 2 is 1.70 bits per heavy atom. The zero-order valence-electron chi connectivity index (χ0n) is 13.4. The van der Waals surface area contributed by atoms with E-state index in [2.05, 4.69) is 0 Å². The zero-order chi connectivity index (χ0) is 16.7. The van der Waals surface area contributed by atoms with Crippen LogP contribution in [0, 0.1) is 11.8 Å². The van der Waals surface area contributed by atoms with Crippen molar-refractivity contribution in [2.24, 2.45) is 11.8 Å². The summed E-state index contributed by atoms with van der Waals surface area (Å²) in [5, 5.41) is 0. The summed E-state index contributed by atoms with van der Waals surface area (Å²) in [6.07, 6.45) is 0.375. The van der Waals surface area contributed by atoms with Crippen LogP contribution in [-0.4, -0.2) is 43.8 Å². The van der Waals surface area contributed by atoms with Crippen LogP contribution in [0.15, 0.2) is 18.2 Å². The summed E-state index contributed by atoms with van der Waals surface area (Å²) in [6.45, 7) is 0. The number of rotatable bonds is 3. The molecule has 2 fully saturated rings. The summed E-state index contributed by atoms with van der Waals surface area (Å²) in [6, 6.07) is 5.31. The number of carbonyl (C=O) groups is 3. The van der Waals surface area contributed by atoms with Crippen molar-refractivity contribution >= 4 is 17.6 Å². The fourth-order valence-electron chi connectivity index (χ4n) is 3.71. The van der Waals surface area contributed by atoms with Gasteiger partial charge in [-0.3, -0.25) is 19.3 Å². The van der Waals surface area contributed by atoms with Crippen molar-refractivity contribution in [3.63, 3.8) is 0 Å². The lowest BCUT2D eigenvalue weighted by molar-refractivity contribution is -0.138. The highest BCUT2D eigenvalue weighted by Gasteiger charge is 2.53. The summed E-state index contributed by atoms with van der Waals surface area (Å²) < 4.78 is 10.6. The standard InChI is InChI=1S/C17H19NO5/c1-18-16(20)13-7-9(19)6-12(15(13)17(18)21)11-8-10(22-2)4-5-14(11)23-3/h4-5,8,12-13,15H,6-7H2,1-3H3/t12-,13-,15+/m1/s1. The molecule has 0 bridgehead atoms. The Labute approximate surface area is 134 Å². The fourth-order valence-corrected chi connectivity index (χ4v) is 3.71. The van der Waals surface area contributed by atoms with E-state index in [1.165, 1.54) is 7.05 Å². The number of nitrogens with zero attached hydrogens (tertiary/aromatic N) is 1. The normalized spacial score (nSPS) is 27.2. The predicted octanol–water partition coefficient (Wildman–Crippen LogP) is 1.38. The van der Waals surface area contributed by atoms with Gasteiger partial charge < -0.3 is 9.47 Å². The Hall–Kier alpha value is -2.37. The first kappa shape index (κ1) is 15.5. The van der Waals surface area contributed by atoms with Gasteiger partial charge in [-0.1, -0.05) is 0 Å². The van der Waals surface area contributed by atoms with Crippen molar-refractivity contribution in [1.29, 1.82) is 0 Å². The van der Waals surface area contributed by atoms with Crippen molar-refractivity contribution in [2.75, 3.05) is 21.3 Å². The number of imide groups is 1. The van der Waals surface area contributed by atoms with Gasteiger partial charge in [0.05, 0.1) is 26.1 Å². The van der Waals surface area contributed by atoms with Crippen LogP contribution in [0.4, 0.5) is 0 Å². The van der Waals surface area contributed by atoms with E-state index in [-0.39, 0.29) is 36.4 Å². The monoisotopic (exact) mass is 317 g/mol. The second-order valence-corrected chi connectivity index (χ2v) is 6.03. The van der Waals surface area contributed by atoms with Gasteiger partial charge in [-0.25, -0.2) is 0 Å². The van der Waals surface area contributed by atoms with Gasteiger partial charge in [-0.05, 0) is 18.2 Å². The van der Waals surface area contributed by atoms with Gasteiger partial charge in [0.2, 0.25) is 11.8 Å². The molecule has 0 aromatic heterocycles. The number of ketones is 1. The molecule has 2 aliphatic rings. The van der Waals surface area contributed by atoms with E-state index in [4.69, 9.17) is 9.47 Å². The maximum Gasteiger partial charge on any atom is 0.233 e. The number of carbonyl (C=O) groups excluding carboxylic acids is 3. The molecular weight excluding hydrogens is 298 g/mol. The Bertz CT molecular complexity index is 684. The number of Topliss-reactive ketones (excluding diaryl/α,β-unsaturated/α-hetero) is 1. The third-order valence-corrected chi connectivity index (χ3v) is 4.86. The van der Waals surface area contributed by atoms with Gasteiger partial charge in [-0.2, -0.15) is 0 Å². The lowest BCUT2D eigenvalue weighted by Crippen LogP contribution is -2.34. The van der Waals surface area contributed by atoms with E-state index in [0.717, 1.165) is 10.5 Å². The molecule has 1 saturated carbocycles. The van der Waals surface area contributed by atoms with E-state index >= 15 is 0 Å². The van der Waals surface area contributed by atoms with Gasteiger partial charge in [-0.15, -0.1) is 0 Å². The lowest BCUT2D eigenvalue weighted by Gasteiger charge is -2.31. The third-order valence-electron chi connectivity index (χ3n) is 4.86. The minimum atomic E-state index is -0.561. The average Bonchev–Trinajstić information content (AvgIpc) is 2.78. The fraction of sp³-hybridized carbons (Fsp3) is 0.471. The summed E-state index contributed by atoms with van der Waals surface area (Å²) in [5.41, 5.74) is 0.742. The zero-order valence-corrected chi connectivity index (χ0v) is 13.4. The molecule has 1 heterocycles. The van der Waals surface area contributed by atoms with Crippen LogP contribution in [-0.2, 0) is 14.4 Å². The highest BCUT2D eigenvalue weighted by atomic mass is 16.5. The van der Waals surface area contributed by atoms with Crippen LogP contribution in [0.3, 0.4) is 0 Å². The molecule has 23 heavy (non-hydrogen) atoms. The van der Waals surface area contributed by atoms with E-state index in [1.54, 1.807) is 32.4 Å². The van der Waals surface area contributed by atoms with Crippen LogP contribution in [0.1, 0.15) is 24.3 Å². The van der Waals surface area contributed by atoms with E-state index in [1.807, 2.05) is 0 Å². The number of amides is 2. The Balaban J connectivity index is 2.09. The molecule has 2 amide bonds. The molecule has 1 saturated heterocycles. The summed E-state index contributed by atoms with van der Waals surface area (Å²) in [7, 11) is 4.58. The highest BCUT2D eigenvalue weighted by Crippen LogP contribution is 2.47. The Kier molecular flexibility index (Phi) is 3.83. The third kappa shape index (κ3) is 2.38. The van der Waals surface area contributed by atoms with Crippen LogP contribution in [0.2, 0.25) is 0 Å². The SMILES string of the molecule is COc1ccc(OC)c([C@H]2CC(=O)C[C@H]3C(=O)N(C)C(=O)[C@@H]23)c1. The van der Waals surface area contributed by atoms with E-state index in [0.29, 0.717) is 11.5 Å². The number of hydrogen-bond donors (Lipinski definition) is 0. The number of methoxy groups -OCH3 is 2. The van der Waals surface area contributed by atoms with Gasteiger partial charge in [0.25, 0.3) is 0 Å². The molecule has 0 unspecified atom stereocenters. The second kappa shape index (κ2) is 5.68. The Morgan fingerprint density at radius 1 is 1.00 bits per heavy atom. The van der Waals surface area contributed by atoms with Crippen molar-refractivity contribution < 1.29 is 23.9 Å². The molecule has 6 heteroatoms. The number of hydrogen-bond acceptors (Lipinski definition) is 5. The molecule has 1 aromatic rings. The predicted molar refractivity (Wildman–Crippen MR) is 81.3 cm³/mol. The Morgan fingerprint density at radius 3 is 2.35 bits per heavy atom. The molecule has 0 N–H and O–H groups in total. The van der Waals surface area contributed by atoms with Gasteiger partial charge in [0.1, 0.15) is 17.3 Å². The summed E-state index contributed by atoms with van der Waals surface area (Å²) in [4.78, 5) is 38.1. The molecule has 0 spiro atoms. The molecule has 3 atom stereocenters. The van der Waals surface area contributed by atoms with E-state index in [9.17, 15) is 14.4 Å². The number of ether oxygens (including phenoxy) is 2. The van der Waals surface area contributed by atoms with Gasteiger partial charge >= 0.3 is 0 Å². The minimum absolute atomic E-state index is 0.00225.